The summed E-state index contributed by atoms with van der Waals surface area (Å²) < 4.78 is 49.0. The smallest absolute Gasteiger partial charge is 0.397 e. The van der Waals surface area contributed by atoms with Crippen LogP contribution in [0.3, 0.4) is 0 Å². The Hall–Kier alpha value is -4.13. The van der Waals surface area contributed by atoms with Gasteiger partial charge in [-0.1, -0.05) is 54.1 Å². The lowest BCUT2D eigenvalue weighted by atomic mass is 10.1. The molecule has 0 spiro atoms. The summed E-state index contributed by atoms with van der Waals surface area (Å²) >= 11 is 6.53. The van der Waals surface area contributed by atoms with Gasteiger partial charge in [0.1, 0.15) is 18.2 Å². The maximum Gasteiger partial charge on any atom is 0.397 e. The third-order valence-electron chi connectivity index (χ3n) is 8.23. The zero-order chi connectivity index (χ0) is 34.8. The van der Waals surface area contributed by atoms with E-state index in [1.807, 2.05) is 30.3 Å². The van der Waals surface area contributed by atoms with Gasteiger partial charge >= 0.3 is 6.18 Å². The Morgan fingerprint density at radius 3 is 2.47 bits per heavy atom. The summed E-state index contributed by atoms with van der Waals surface area (Å²) in [5, 5.41) is 5.80. The van der Waals surface area contributed by atoms with E-state index in [1.54, 1.807) is 47.4 Å². The van der Waals surface area contributed by atoms with Crippen molar-refractivity contribution in [3.63, 3.8) is 0 Å². The molecule has 2 N–H and O–H groups in total. The first-order chi connectivity index (χ1) is 23.6. The highest BCUT2D eigenvalue weighted by molar-refractivity contribution is 6.31. The first kappa shape index (κ1) is 36.2. The van der Waals surface area contributed by atoms with Crippen molar-refractivity contribution >= 4 is 35.0 Å². The molecule has 3 aromatic rings. The van der Waals surface area contributed by atoms with E-state index in [-0.39, 0.29) is 44.0 Å². The zero-order valence-electron chi connectivity index (χ0n) is 27.0. The Morgan fingerprint density at radius 2 is 1.76 bits per heavy atom. The number of piperazine rings is 1. The van der Waals surface area contributed by atoms with E-state index in [2.05, 4.69) is 10.6 Å². The van der Waals surface area contributed by atoms with Crippen LogP contribution in [0.1, 0.15) is 42.4 Å². The summed E-state index contributed by atoms with van der Waals surface area (Å²) in [5.41, 5.74) is 3.14. The average Bonchev–Trinajstić information content (AvgIpc) is 3.92. The lowest BCUT2D eigenvalue weighted by Crippen LogP contribution is -2.61. The highest BCUT2D eigenvalue weighted by atomic mass is 35.5. The molecule has 0 unspecified atom stereocenters. The maximum absolute atomic E-state index is 14.1. The van der Waals surface area contributed by atoms with Gasteiger partial charge in [-0.3, -0.25) is 19.3 Å². The molecule has 3 aromatic carbocycles. The molecular formula is C36H40ClF3N4O5. The van der Waals surface area contributed by atoms with Crippen molar-refractivity contribution in [2.75, 3.05) is 37.7 Å². The van der Waals surface area contributed by atoms with Gasteiger partial charge in [0, 0.05) is 42.8 Å². The van der Waals surface area contributed by atoms with Crippen LogP contribution in [0.4, 0.5) is 18.9 Å². The fourth-order valence-corrected chi connectivity index (χ4v) is 5.83. The van der Waals surface area contributed by atoms with Crippen molar-refractivity contribution in [1.82, 2.24) is 15.5 Å². The molecule has 3 amide bonds. The number of amides is 3. The van der Waals surface area contributed by atoms with Gasteiger partial charge in [-0.2, -0.15) is 13.2 Å². The molecule has 0 bridgehead atoms. The molecule has 0 radical (unpaired) electrons. The monoisotopic (exact) mass is 700 g/mol. The van der Waals surface area contributed by atoms with E-state index >= 15 is 0 Å². The van der Waals surface area contributed by atoms with Crippen LogP contribution in [-0.4, -0.2) is 73.7 Å². The molecule has 1 heterocycles. The number of hydrogen-bond acceptors (Lipinski definition) is 6. The molecule has 1 saturated carbocycles. The second-order valence-corrected chi connectivity index (χ2v) is 12.6. The number of nitrogens with zero attached hydrogens (tertiary/aromatic N) is 2. The second kappa shape index (κ2) is 17.0. The molecule has 13 heteroatoms. The second-order valence-electron chi connectivity index (χ2n) is 12.2. The zero-order valence-corrected chi connectivity index (χ0v) is 27.8. The summed E-state index contributed by atoms with van der Waals surface area (Å²) in [6.45, 7) is 2.18. The van der Waals surface area contributed by atoms with Crippen LogP contribution in [0.25, 0.3) is 0 Å². The summed E-state index contributed by atoms with van der Waals surface area (Å²) in [5.74, 6) is -0.877. The molecule has 49 heavy (non-hydrogen) atoms. The van der Waals surface area contributed by atoms with E-state index in [4.69, 9.17) is 21.1 Å². The minimum absolute atomic E-state index is 0.000191. The standard InChI is InChI=1S/C36H40ClF3N4O5/c37-31-14-7-25(15-16-42-33(45)20-36(38,39)40)19-27(31)23-43(28-8-9-28)35(47)32-21-41-22-34(46)44(32)29-10-12-30(13-11-29)49-18-4-17-48-24-26-5-2-1-3-6-26/h1-3,5-7,10-14,19,28,32,41H,4,8-9,15-18,20-24H2,(H,42,45)/t32-/m1/s1. The third-order valence-corrected chi connectivity index (χ3v) is 8.59. The largest absolute Gasteiger partial charge is 0.494 e. The van der Waals surface area contributed by atoms with E-state index in [1.165, 1.54) is 4.90 Å². The number of hydrogen-bond donors (Lipinski definition) is 2. The van der Waals surface area contributed by atoms with Crippen molar-refractivity contribution in [3.05, 3.63) is 94.5 Å². The first-order valence-corrected chi connectivity index (χ1v) is 16.7. The number of alkyl halides is 3. The quantitative estimate of drug-likeness (QED) is 0.194. The topological polar surface area (TPSA) is 100 Å². The predicted octanol–water partition coefficient (Wildman–Crippen LogP) is 5.43. The van der Waals surface area contributed by atoms with Crippen molar-refractivity contribution in [2.24, 2.45) is 0 Å². The molecule has 1 aliphatic heterocycles. The Kier molecular flexibility index (Phi) is 12.5. The number of anilines is 1. The number of ether oxygens (including phenoxy) is 2. The Bertz CT molecular complexity index is 1570. The fourth-order valence-electron chi connectivity index (χ4n) is 5.65. The van der Waals surface area contributed by atoms with Gasteiger partial charge in [0.15, 0.2) is 0 Å². The summed E-state index contributed by atoms with van der Waals surface area (Å²) in [4.78, 5) is 42.2. The van der Waals surface area contributed by atoms with Crippen LogP contribution >= 0.6 is 11.6 Å². The van der Waals surface area contributed by atoms with Gasteiger partial charge in [0.05, 0.1) is 26.4 Å². The number of benzene rings is 3. The van der Waals surface area contributed by atoms with Crippen molar-refractivity contribution in [3.8, 4) is 5.75 Å². The lowest BCUT2D eigenvalue weighted by Gasteiger charge is -2.38. The number of nitrogens with one attached hydrogen (secondary N) is 2. The maximum atomic E-state index is 14.1. The lowest BCUT2D eigenvalue weighted by molar-refractivity contribution is -0.153. The highest BCUT2D eigenvalue weighted by Gasteiger charge is 2.41. The molecule has 0 aromatic heterocycles. The molecule has 2 aliphatic rings. The van der Waals surface area contributed by atoms with E-state index in [0.29, 0.717) is 54.7 Å². The van der Waals surface area contributed by atoms with Gasteiger partial charge in [-0.15, -0.1) is 0 Å². The van der Waals surface area contributed by atoms with Crippen LogP contribution in [0, 0.1) is 0 Å². The molecule has 1 aliphatic carbocycles. The van der Waals surface area contributed by atoms with Crippen LogP contribution in [-0.2, 0) is 38.7 Å². The van der Waals surface area contributed by atoms with Gasteiger partial charge in [-0.25, -0.2) is 0 Å². The predicted molar refractivity (Wildman–Crippen MR) is 179 cm³/mol. The minimum atomic E-state index is -4.57. The van der Waals surface area contributed by atoms with E-state index in [0.717, 1.165) is 24.0 Å². The van der Waals surface area contributed by atoms with Crippen LogP contribution in [0.5, 0.6) is 5.75 Å². The van der Waals surface area contributed by atoms with Crippen LogP contribution in [0.2, 0.25) is 5.02 Å². The Morgan fingerprint density at radius 1 is 1.00 bits per heavy atom. The third kappa shape index (κ3) is 10.9. The number of rotatable bonds is 16. The van der Waals surface area contributed by atoms with Crippen molar-refractivity contribution in [2.45, 2.75) is 63.5 Å². The molecule has 262 valence electrons. The number of halogens is 4. The molecule has 1 saturated heterocycles. The molecule has 9 nitrogen and oxygen atoms in total. The van der Waals surface area contributed by atoms with Crippen molar-refractivity contribution in [1.29, 1.82) is 0 Å². The van der Waals surface area contributed by atoms with E-state index < -0.39 is 24.5 Å². The van der Waals surface area contributed by atoms with Crippen molar-refractivity contribution < 1.29 is 37.0 Å². The number of carbonyl (C=O) groups excluding carboxylic acids is 3. The fraction of sp³-hybridized carbons (Fsp3) is 0.417. The van der Waals surface area contributed by atoms with Gasteiger partial charge in [0.2, 0.25) is 17.7 Å². The van der Waals surface area contributed by atoms with Gasteiger partial charge < -0.3 is 25.0 Å². The van der Waals surface area contributed by atoms with Gasteiger partial charge in [-0.05, 0) is 66.3 Å². The SMILES string of the molecule is O=C(CC(F)(F)F)NCCc1ccc(Cl)c(CN(C(=O)[C@H]2CNCC(=O)N2c2ccc(OCCCOCc3ccccc3)cc2)C2CC2)c1. The molecule has 1 atom stereocenters. The van der Waals surface area contributed by atoms with Crippen LogP contribution < -0.4 is 20.3 Å². The Labute approximate surface area is 288 Å². The average molecular weight is 701 g/mol. The minimum Gasteiger partial charge on any atom is -0.494 e. The molecular weight excluding hydrogens is 661 g/mol. The Balaban J connectivity index is 1.18. The summed E-state index contributed by atoms with van der Waals surface area (Å²) in [6.07, 6.45) is -3.44. The van der Waals surface area contributed by atoms with Crippen LogP contribution in [0.15, 0.2) is 72.8 Å². The number of carbonyl (C=O) groups is 3. The van der Waals surface area contributed by atoms with E-state index in [9.17, 15) is 27.6 Å². The summed E-state index contributed by atoms with van der Waals surface area (Å²) in [6, 6.07) is 21.5. The first-order valence-electron chi connectivity index (χ1n) is 16.4. The van der Waals surface area contributed by atoms with Gasteiger partial charge in [0.25, 0.3) is 0 Å². The highest BCUT2D eigenvalue weighted by Crippen LogP contribution is 2.33. The summed E-state index contributed by atoms with van der Waals surface area (Å²) in [7, 11) is 0. The molecule has 5 rings (SSSR count). The molecule has 2 fully saturated rings. The normalized spacial score (nSPS) is 16.4.